The third-order valence-electron chi connectivity index (χ3n) is 3.30. The molecule has 1 aliphatic rings. The maximum atomic E-state index is 12.3. The highest BCUT2D eigenvalue weighted by Gasteiger charge is 2.39. The number of ether oxygens (including phenoxy) is 1. The zero-order valence-corrected chi connectivity index (χ0v) is 11.2. The molecule has 0 bridgehead atoms. The molecule has 1 rings (SSSR count). The van der Waals surface area contributed by atoms with Crippen molar-refractivity contribution < 1.29 is 27.5 Å². The minimum absolute atomic E-state index is 0.274. The lowest BCUT2D eigenvalue weighted by molar-refractivity contribution is -0.174. The predicted octanol–water partition coefficient (Wildman–Crippen LogP) is 2.34. The summed E-state index contributed by atoms with van der Waals surface area (Å²) < 4.78 is 41.2. The molecule has 0 aromatic carbocycles. The van der Waals surface area contributed by atoms with Crippen LogP contribution in [0, 0.1) is 5.92 Å². The van der Waals surface area contributed by atoms with Crippen molar-refractivity contribution in [1.82, 2.24) is 5.32 Å². The molecule has 7 heteroatoms. The first-order valence-corrected chi connectivity index (χ1v) is 6.46. The van der Waals surface area contributed by atoms with Crippen LogP contribution < -0.4 is 5.32 Å². The number of hydrogen-bond donors (Lipinski definition) is 1. The van der Waals surface area contributed by atoms with E-state index >= 15 is 0 Å². The summed E-state index contributed by atoms with van der Waals surface area (Å²) in [6, 6.07) is -0.814. The van der Waals surface area contributed by atoms with Gasteiger partial charge in [-0.15, -0.1) is 0 Å². The third kappa shape index (κ3) is 5.63. The molecule has 0 unspecified atom stereocenters. The molecule has 1 aliphatic carbocycles. The Kier molecular flexibility index (Phi) is 6.04. The molecule has 1 amide bonds. The van der Waals surface area contributed by atoms with Gasteiger partial charge in [0, 0.05) is 12.1 Å². The van der Waals surface area contributed by atoms with Crippen LogP contribution in [0.4, 0.5) is 13.2 Å². The van der Waals surface area contributed by atoms with E-state index in [9.17, 15) is 22.8 Å². The van der Waals surface area contributed by atoms with Gasteiger partial charge in [-0.1, -0.05) is 31.8 Å². The molecule has 0 aromatic heterocycles. The average molecular weight is 293 g/mol. The number of methoxy groups -OCH3 is 1. The van der Waals surface area contributed by atoms with Gasteiger partial charge in [-0.2, -0.15) is 13.2 Å². The fourth-order valence-electron chi connectivity index (χ4n) is 2.30. The Morgan fingerprint density at radius 2 is 1.95 bits per heavy atom. The molecule has 0 spiro atoms. The van der Waals surface area contributed by atoms with Gasteiger partial charge in [0.05, 0.1) is 7.11 Å². The van der Waals surface area contributed by atoms with E-state index < -0.39 is 24.1 Å². The molecular formula is C13H18F3NO3. The van der Waals surface area contributed by atoms with Crippen LogP contribution in [-0.4, -0.2) is 31.2 Å². The van der Waals surface area contributed by atoms with E-state index in [4.69, 9.17) is 0 Å². The first-order chi connectivity index (χ1) is 9.32. The second-order valence-corrected chi connectivity index (χ2v) is 4.85. The fourth-order valence-corrected chi connectivity index (χ4v) is 2.30. The third-order valence-corrected chi connectivity index (χ3v) is 3.30. The summed E-state index contributed by atoms with van der Waals surface area (Å²) in [5.74, 6) is -2.38. The van der Waals surface area contributed by atoms with E-state index in [0.29, 0.717) is 6.42 Å². The fraction of sp³-hybridized carbons (Fsp3) is 0.692. The highest BCUT2D eigenvalue weighted by molar-refractivity contribution is 5.83. The number of rotatable bonds is 5. The van der Waals surface area contributed by atoms with E-state index in [1.807, 2.05) is 5.32 Å². The first-order valence-electron chi connectivity index (χ1n) is 6.46. The Balaban J connectivity index is 2.65. The minimum Gasteiger partial charge on any atom is -0.466 e. The van der Waals surface area contributed by atoms with Crippen LogP contribution in [0.3, 0.4) is 0 Å². The predicted molar refractivity (Wildman–Crippen MR) is 65.7 cm³/mol. The Bertz CT molecular complexity index is 374. The zero-order chi connectivity index (χ0) is 15.2. The highest BCUT2D eigenvalue weighted by atomic mass is 19.4. The number of esters is 1. The average Bonchev–Trinajstić information content (AvgIpc) is 2.87. The number of hydrogen-bond acceptors (Lipinski definition) is 3. The molecule has 1 N–H and O–H groups in total. The molecule has 114 valence electrons. The molecule has 20 heavy (non-hydrogen) atoms. The molecule has 1 fully saturated rings. The van der Waals surface area contributed by atoms with Crippen molar-refractivity contribution in [3.8, 4) is 0 Å². The van der Waals surface area contributed by atoms with Crippen molar-refractivity contribution >= 4 is 11.9 Å². The van der Waals surface area contributed by atoms with Crippen molar-refractivity contribution in [3.05, 3.63) is 12.2 Å². The van der Waals surface area contributed by atoms with E-state index in [1.165, 1.54) is 13.2 Å². The molecule has 0 saturated heterocycles. The van der Waals surface area contributed by atoms with Gasteiger partial charge in [0.15, 0.2) is 0 Å². The number of halogens is 3. The number of amides is 1. The van der Waals surface area contributed by atoms with Gasteiger partial charge in [-0.25, -0.2) is 4.79 Å². The number of nitrogens with one attached hydrogen (secondary N) is 1. The monoisotopic (exact) mass is 293 g/mol. The van der Waals surface area contributed by atoms with Gasteiger partial charge in [-0.05, 0) is 12.3 Å². The standard InChI is InChI=1S/C13H18F3NO3/c1-20-11(18)7-6-10(8-9-4-2-3-5-9)17-12(19)13(14,15)16/h6-7,9-10H,2-5,8H2,1H3,(H,17,19)/b7-6+/t10-/m0/s1. The summed E-state index contributed by atoms with van der Waals surface area (Å²) in [5.41, 5.74) is 0. The maximum absolute atomic E-state index is 12.3. The van der Waals surface area contributed by atoms with Gasteiger partial charge in [0.2, 0.25) is 0 Å². The van der Waals surface area contributed by atoms with Gasteiger partial charge < -0.3 is 10.1 Å². The molecular weight excluding hydrogens is 275 g/mol. The molecule has 1 saturated carbocycles. The lowest BCUT2D eigenvalue weighted by Crippen LogP contribution is -2.43. The molecule has 0 aliphatic heterocycles. The quantitative estimate of drug-likeness (QED) is 0.625. The van der Waals surface area contributed by atoms with Crippen LogP contribution in [0.15, 0.2) is 12.2 Å². The van der Waals surface area contributed by atoms with Crippen molar-refractivity contribution in [2.75, 3.05) is 7.11 Å². The Morgan fingerprint density at radius 1 is 1.35 bits per heavy atom. The Hall–Kier alpha value is -1.53. The smallest absolute Gasteiger partial charge is 0.466 e. The van der Waals surface area contributed by atoms with E-state index in [1.54, 1.807) is 0 Å². The SMILES string of the molecule is COC(=O)/C=C/[C@@H](CC1CCCC1)NC(=O)C(F)(F)F. The van der Waals surface area contributed by atoms with E-state index in [0.717, 1.165) is 31.8 Å². The summed E-state index contributed by atoms with van der Waals surface area (Å²) in [4.78, 5) is 22.0. The van der Waals surface area contributed by atoms with Crippen LogP contribution in [0.2, 0.25) is 0 Å². The van der Waals surface area contributed by atoms with Crippen LogP contribution in [0.5, 0.6) is 0 Å². The van der Waals surface area contributed by atoms with Crippen molar-refractivity contribution in [1.29, 1.82) is 0 Å². The molecule has 0 aromatic rings. The van der Waals surface area contributed by atoms with Crippen LogP contribution in [0.1, 0.15) is 32.1 Å². The summed E-state index contributed by atoms with van der Waals surface area (Å²) >= 11 is 0. The minimum atomic E-state index is -4.92. The summed E-state index contributed by atoms with van der Waals surface area (Å²) in [5, 5.41) is 1.90. The topological polar surface area (TPSA) is 55.4 Å². The second-order valence-electron chi connectivity index (χ2n) is 4.85. The number of carbonyl (C=O) groups excluding carboxylic acids is 2. The summed E-state index contributed by atoms with van der Waals surface area (Å²) in [7, 11) is 1.17. The molecule has 1 atom stereocenters. The van der Waals surface area contributed by atoms with E-state index in [-0.39, 0.29) is 5.92 Å². The van der Waals surface area contributed by atoms with Crippen LogP contribution >= 0.6 is 0 Å². The first kappa shape index (κ1) is 16.5. The van der Waals surface area contributed by atoms with Gasteiger partial charge >= 0.3 is 18.1 Å². The van der Waals surface area contributed by atoms with Crippen molar-refractivity contribution in [2.24, 2.45) is 5.92 Å². The lowest BCUT2D eigenvalue weighted by atomic mass is 9.98. The van der Waals surface area contributed by atoms with Crippen LogP contribution in [0.25, 0.3) is 0 Å². The largest absolute Gasteiger partial charge is 0.471 e. The lowest BCUT2D eigenvalue weighted by Gasteiger charge is -2.19. The van der Waals surface area contributed by atoms with E-state index in [2.05, 4.69) is 4.74 Å². The normalized spacial score (nSPS) is 18.2. The van der Waals surface area contributed by atoms with Crippen molar-refractivity contribution in [3.63, 3.8) is 0 Å². The Labute approximate surface area is 115 Å². The molecule has 0 heterocycles. The van der Waals surface area contributed by atoms with Gasteiger partial charge in [0.25, 0.3) is 0 Å². The van der Waals surface area contributed by atoms with Crippen molar-refractivity contribution in [2.45, 2.75) is 44.3 Å². The summed E-state index contributed by atoms with van der Waals surface area (Å²) in [6.07, 6.45) is 1.73. The second kappa shape index (κ2) is 7.31. The highest BCUT2D eigenvalue weighted by Crippen LogP contribution is 2.29. The zero-order valence-electron chi connectivity index (χ0n) is 11.2. The maximum Gasteiger partial charge on any atom is 0.471 e. The molecule has 4 nitrogen and oxygen atoms in total. The molecule has 0 radical (unpaired) electrons. The summed E-state index contributed by atoms with van der Waals surface area (Å²) in [6.45, 7) is 0. The van der Waals surface area contributed by atoms with Gasteiger partial charge in [0.1, 0.15) is 0 Å². The number of alkyl halides is 3. The number of carbonyl (C=O) groups is 2. The van der Waals surface area contributed by atoms with Gasteiger partial charge in [-0.3, -0.25) is 4.79 Å². The Morgan fingerprint density at radius 3 is 2.45 bits per heavy atom. The van der Waals surface area contributed by atoms with Crippen LogP contribution in [-0.2, 0) is 14.3 Å².